The summed E-state index contributed by atoms with van der Waals surface area (Å²) < 4.78 is 0. The summed E-state index contributed by atoms with van der Waals surface area (Å²) >= 11 is 5.82. The first-order valence-electron chi connectivity index (χ1n) is 7.13. The van der Waals surface area contributed by atoms with Gasteiger partial charge in [-0.2, -0.15) is 0 Å². The lowest BCUT2D eigenvalue weighted by Crippen LogP contribution is -2.47. The normalized spacial score (nSPS) is 18.3. The highest BCUT2D eigenvalue weighted by atomic mass is 35.5. The Balaban J connectivity index is 1.76. The fraction of sp³-hybridized carbons (Fsp3) is 0.467. The number of nitrogens with one attached hydrogen (secondary N) is 1. The van der Waals surface area contributed by atoms with Crippen molar-refractivity contribution in [2.75, 3.05) is 19.6 Å². The summed E-state index contributed by atoms with van der Waals surface area (Å²) in [5.74, 6) is -0.161. The summed E-state index contributed by atoms with van der Waals surface area (Å²) in [5, 5.41) is 3.63. The standard InChI is InChI=1S/C15H20ClN3O2/c16-13-5-3-11(4-6-13)7-8-18-14(20)12-2-1-9-19(10-12)15(17)21/h3-6,12H,1-2,7-10H2,(H2,17,21)(H,18,20)/t12-/m0/s1. The van der Waals surface area contributed by atoms with Crippen molar-refractivity contribution in [2.24, 2.45) is 11.7 Å². The van der Waals surface area contributed by atoms with Crippen LogP contribution in [0.4, 0.5) is 4.79 Å². The third kappa shape index (κ3) is 4.63. The Morgan fingerprint density at radius 1 is 1.33 bits per heavy atom. The van der Waals surface area contributed by atoms with E-state index in [1.54, 1.807) is 0 Å². The Kier molecular flexibility index (Phi) is 5.44. The second-order valence-electron chi connectivity index (χ2n) is 5.29. The molecule has 1 heterocycles. The Morgan fingerprint density at radius 3 is 2.71 bits per heavy atom. The van der Waals surface area contributed by atoms with Gasteiger partial charge in [-0.15, -0.1) is 0 Å². The molecule has 6 heteroatoms. The number of rotatable bonds is 4. The van der Waals surface area contributed by atoms with Crippen molar-refractivity contribution < 1.29 is 9.59 Å². The first kappa shape index (κ1) is 15.6. The van der Waals surface area contributed by atoms with E-state index in [-0.39, 0.29) is 11.8 Å². The average molecular weight is 310 g/mol. The van der Waals surface area contributed by atoms with Crippen molar-refractivity contribution >= 4 is 23.5 Å². The molecule has 1 atom stereocenters. The van der Waals surface area contributed by atoms with Crippen LogP contribution in [0.15, 0.2) is 24.3 Å². The van der Waals surface area contributed by atoms with Crippen molar-refractivity contribution in [1.29, 1.82) is 0 Å². The van der Waals surface area contributed by atoms with Gasteiger partial charge in [-0.3, -0.25) is 4.79 Å². The molecule has 0 bridgehead atoms. The Labute approximate surface area is 129 Å². The predicted molar refractivity (Wildman–Crippen MR) is 82.0 cm³/mol. The third-order valence-corrected chi connectivity index (χ3v) is 3.98. The minimum atomic E-state index is -0.450. The van der Waals surface area contributed by atoms with E-state index in [1.165, 1.54) is 4.90 Å². The molecule has 1 saturated heterocycles. The van der Waals surface area contributed by atoms with Gasteiger partial charge in [0.1, 0.15) is 0 Å². The molecule has 0 saturated carbocycles. The molecule has 1 aromatic carbocycles. The second-order valence-corrected chi connectivity index (χ2v) is 5.73. The Hall–Kier alpha value is -1.75. The van der Waals surface area contributed by atoms with Gasteiger partial charge in [0.25, 0.3) is 0 Å². The van der Waals surface area contributed by atoms with Crippen LogP contribution in [0.25, 0.3) is 0 Å². The zero-order valence-corrected chi connectivity index (χ0v) is 12.6. The van der Waals surface area contributed by atoms with Crippen LogP contribution >= 0.6 is 11.6 Å². The first-order valence-corrected chi connectivity index (χ1v) is 7.50. The maximum absolute atomic E-state index is 12.1. The number of carbonyl (C=O) groups is 2. The van der Waals surface area contributed by atoms with Gasteiger partial charge in [-0.05, 0) is 37.0 Å². The lowest BCUT2D eigenvalue weighted by atomic mass is 9.97. The molecule has 1 aromatic rings. The smallest absolute Gasteiger partial charge is 0.314 e. The Morgan fingerprint density at radius 2 is 2.05 bits per heavy atom. The van der Waals surface area contributed by atoms with E-state index < -0.39 is 6.03 Å². The highest BCUT2D eigenvalue weighted by molar-refractivity contribution is 6.30. The van der Waals surface area contributed by atoms with E-state index in [1.807, 2.05) is 24.3 Å². The Bertz CT molecular complexity index is 504. The lowest BCUT2D eigenvalue weighted by Gasteiger charge is -2.30. The van der Waals surface area contributed by atoms with Gasteiger partial charge in [0.15, 0.2) is 0 Å². The highest BCUT2D eigenvalue weighted by Crippen LogP contribution is 2.16. The number of benzene rings is 1. The SMILES string of the molecule is NC(=O)N1CCC[C@H](C(=O)NCCc2ccc(Cl)cc2)C1. The molecule has 3 N–H and O–H groups in total. The van der Waals surface area contributed by atoms with Crippen LogP contribution in [-0.2, 0) is 11.2 Å². The van der Waals surface area contributed by atoms with Crippen molar-refractivity contribution in [2.45, 2.75) is 19.3 Å². The molecule has 1 aliphatic heterocycles. The summed E-state index contributed by atoms with van der Waals surface area (Å²) in [7, 11) is 0. The summed E-state index contributed by atoms with van der Waals surface area (Å²) in [5.41, 5.74) is 6.39. The molecule has 3 amide bonds. The molecule has 0 aromatic heterocycles. The molecule has 2 rings (SSSR count). The van der Waals surface area contributed by atoms with Crippen LogP contribution in [0.3, 0.4) is 0 Å². The molecule has 0 radical (unpaired) electrons. The fourth-order valence-corrected chi connectivity index (χ4v) is 2.64. The number of piperidine rings is 1. The molecule has 0 spiro atoms. The van der Waals surface area contributed by atoms with Crippen LogP contribution < -0.4 is 11.1 Å². The van der Waals surface area contributed by atoms with Gasteiger partial charge in [0, 0.05) is 24.7 Å². The zero-order valence-electron chi connectivity index (χ0n) is 11.8. The molecular formula is C15H20ClN3O2. The molecule has 0 aliphatic carbocycles. The molecule has 5 nitrogen and oxygen atoms in total. The van der Waals surface area contributed by atoms with Gasteiger partial charge in [-0.25, -0.2) is 4.79 Å². The van der Waals surface area contributed by atoms with E-state index in [9.17, 15) is 9.59 Å². The maximum Gasteiger partial charge on any atom is 0.314 e. The molecule has 1 fully saturated rings. The molecular weight excluding hydrogens is 290 g/mol. The molecule has 114 valence electrons. The molecule has 1 aliphatic rings. The number of urea groups is 1. The topological polar surface area (TPSA) is 75.4 Å². The van der Waals surface area contributed by atoms with Crippen LogP contribution in [0.5, 0.6) is 0 Å². The fourth-order valence-electron chi connectivity index (χ4n) is 2.52. The third-order valence-electron chi connectivity index (χ3n) is 3.73. The van der Waals surface area contributed by atoms with E-state index in [4.69, 9.17) is 17.3 Å². The van der Waals surface area contributed by atoms with E-state index in [0.29, 0.717) is 24.7 Å². The van der Waals surface area contributed by atoms with E-state index in [2.05, 4.69) is 5.32 Å². The molecule has 21 heavy (non-hydrogen) atoms. The van der Waals surface area contributed by atoms with Gasteiger partial charge in [-0.1, -0.05) is 23.7 Å². The number of primary amides is 1. The number of nitrogens with zero attached hydrogens (tertiary/aromatic N) is 1. The minimum Gasteiger partial charge on any atom is -0.355 e. The van der Waals surface area contributed by atoms with Crippen molar-refractivity contribution in [3.05, 3.63) is 34.9 Å². The number of hydrogen-bond acceptors (Lipinski definition) is 2. The number of likely N-dealkylation sites (tertiary alicyclic amines) is 1. The highest BCUT2D eigenvalue weighted by Gasteiger charge is 2.26. The number of halogens is 1. The van der Waals surface area contributed by atoms with E-state index >= 15 is 0 Å². The number of carbonyl (C=O) groups excluding carboxylic acids is 2. The van der Waals surface area contributed by atoms with Crippen molar-refractivity contribution in [3.63, 3.8) is 0 Å². The maximum atomic E-state index is 12.1. The number of hydrogen-bond donors (Lipinski definition) is 2. The van der Waals surface area contributed by atoms with Crippen molar-refractivity contribution in [3.8, 4) is 0 Å². The second kappa shape index (κ2) is 7.31. The van der Waals surface area contributed by atoms with E-state index in [0.717, 1.165) is 24.8 Å². The summed E-state index contributed by atoms with van der Waals surface area (Å²) in [6.07, 6.45) is 2.38. The molecule has 0 unspecified atom stereocenters. The van der Waals surface area contributed by atoms with Gasteiger partial charge in [0.2, 0.25) is 5.91 Å². The minimum absolute atomic E-state index is 0.00471. The monoisotopic (exact) mass is 309 g/mol. The quantitative estimate of drug-likeness (QED) is 0.889. The van der Waals surface area contributed by atoms with Crippen LogP contribution in [0.1, 0.15) is 18.4 Å². The largest absolute Gasteiger partial charge is 0.355 e. The average Bonchev–Trinajstić information content (AvgIpc) is 2.49. The summed E-state index contributed by atoms with van der Waals surface area (Å²) in [4.78, 5) is 24.8. The lowest BCUT2D eigenvalue weighted by molar-refractivity contribution is -0.126. The number of amides is 3. The van der Waals surface area contributed by atoms with Crippen molar-refractivity contribution in [1.82, 2.24) is 10.2 Å². The van der Waals surface area contributed by atoms with Crippen LogP contribution in [0.2, 0.25) is 5.02 Å². The number of nitrogens with two attached hydrogens (primary N) is 1. The van der Waals surface area contributed by atoms with Gasteiger partial charge in [0.05, 0.1) is 5.92 Å². The zero-order chi connectivity index (χ0) is 15.2. The first-order chi connectivity index (χ1) is 10.1. The predicted octanol–water partition coefficient (Wildman–Crippen LogP) is 1.79. The van der Waals surface area contributed by atoms with Crippen LogP contribution in [-0.4, -0.2) is 36.5 Å². The van der Waals surface area contributed by atoms with Crippen LogP contribution in [0, 0.1) is 5.92 Å². The van der Waals surface area contributed by atoms with Gasteiger partial charge >= 0.3 is 6.03 Å². The summed E-state index contributed by atoms with van der Waals surface area (Å²) in [6.45, 7) is 1.64. The van der Waals surface area contributed by atoms with Gasteiger partial charge < -0.3 is 16.0 Å². The summed E-state index contributed by atoms with van der Waals surface area (Å²) in [6, 6.07) is 7.12.